The van der Waals surface area contributed by atoms with Gasteiger partial charge in [-0.05, 0) is 31.8 Å². The SMILES string of the molecule is CCCC(C)N1CC=C[C@]23O[C@]4(CC)C=CCOC(=O)[C@@H]4[C@H]2C(=O)N([C@@H](CO)[C@@H](C)CC)C3C1=O. The fourth-order valence-electron chi connectivity index (χ4n) is 6.69. The van der Waals surface area contributed by atoms with Gasteiger partial charge in [-0.1, -0.05) is 58.8 Å². The normalized spacial score (nSPS) is 36.7. The Morgan fingerprint density at radius 2 is 1.83 bits per heavy atom. The summed E-state index contributed by atoms with van der Waals surface area (Å²) in [6.45, 7) is 10.3. The Labute approximate surface area is 208 Å². The molecule has 2 amide bonds. The first-order chi connectivity index (χ1) is 16.7. The van der Waals surface area contributed by atoms with Crippen molar-refractivity contribution in [2.24, 2.45) is 17.8 Å². The summed E-state index contributed by atoms with van der Waals surface area (Å²) < 4.78 is 12.3. The highest BCUT2D eigenvalue weighted by Crippen LogP contribution is 2.59. The number of ether oxygens (including phenoxy) is 2. The second-order valence-electron chi connectivity index (χ2n) is 10.6. The largest absolute Gasteiger partial charge is 0.461 e. The Morgan fingerprint density at radius 3 is 2.46 bits per heavy atom. The minimum absolute atomic E-state index is 0.0173. The zero-order valence-corrected chi connectivity index (χ0v) is 21.6. The van der Waals surface area contributed by atoms with Crippen molar-refractivity contribution in [3.8, 4) is 0 Å². The van der Waals surface area contributed by atoms with Crippen LogP contribution >= 0.6 is 0 Å². The number of esters is 1. The molecule has 1 spiro atoms. The molecule has 35 heavy (non-hydrogen) atoms. The number of cyclic esters (lactones) is 1. The lowest BCUT2D eigenvalue weighted by atomic mass is 9.73. The number of likely N-dealkylation sites (tertiary alicyclic amines) is 1. The Balaban J connectivity index is 1.91. The van der Waals surface area contributed by atoms with Gasteiger partial charge in [-0.15, -0.1) is 0 Å². The summed E-state index contributed by atoms with van der Waals surface area (Å²) in [6.07, 6.45) is 10.3. The van der Waals surface area contributed by atoms with E-state index in [-0.39, 0.29) is 37.0 Å². The molecular weight excluding hydrogens is 448 g/mol. The predicted molar refractivity (Wildman–Crippen MR) is 130 cm³/mol. The van der Waals surface area contributed by atoms with Crippen LogP contribution in [0.2, 0.25) is 0 Å². The number of fused-ring (bicyclic) bond motifs is 2. The van der Waals surface area contributed by atoms with Gasteiger partial charge in [0.15, 0.2) is 0 Å². The van der Waals surface area contributed by atoms with Gasteiger partial charge in [-0.2, -0.15) is 0 Å². The smallest absolute Gasteiger partial charge is 0.313 e. The monoisotopic (exact) mass is 488 g/mol. The van der Waals surface area contributed by atoms with Crippen LogP contribution in [0.5, 0.6) is 0 Å². The number of carbonyl (C=O) groups excluding carboxylic acids is 3. The van der Waals surface area contributed by atoms with E-state index in [0.717, 1.165) is 19.3 Å². The van der Waals surface area contributed by atoms with E-state index in [1.165, 1.54) is 0 Å². The molecule has 0 aromatic heterocycles. The Morgan fingerprint density at radius 1 is 1.09 bits per heavy atom. The van der Waals surface area contributed by atoms with Crippen LogP contribution in [0.4, 0.5) is 0 Å². The summed E-state index contributed by atoms with van der Waals surface area (Å²) >= 11 is 0. The van der Waals surface area contributed by atoms with Crippen molar-refractivity contribution in [3.05, 3.63) is 24.3 Å². The van der Waals surface area contributed by atoms with Gasteiger partial charge in [0.05, 0.1) is 18.6 Å². The zero-order valence-electron chi connectivity index (χ0n) is 21.6. The highest BCUT2D eigenvalue weighted by atomic mass is 16.6. The van der Waals surface area contributed by atoms with Crippen LogP contribution in [0.3, 0.4) is 0 Å². The van der Waals surface area contributed by atoms with Gasteiger partial charge < -0.3 is 24.4 Å². The molecule has 8 nitrogen and oxygen atoms in total. The number of carbonyl (C=O) groups is 3. The maximum absolute atomic E-state index is 14.3. The molecule has 2 fully saturated rings. The lowest BCUT2D eigenvalue weighted by molar-refractivity contribution is -0.162. The molecule has 0 aromatic carbocycles. The maximum Gasteiger partial charge on any atom is 0.313 e. The molecule has 8 heteroatoms. The molecule has 4 rings (SSSR count). The van der Waals surface area contributed by atoms with Gasteiger partial charge in [0.25, 0.3) is 0 Å². The molecule has 0 radical (unpaired) electrons. The van der Waals surface area contributed by atoms with Crippen molar-refractivity contribution >= 4 is 17.8 Å². The number of hydrogen-bond donors (Lipinski definition) is 1. The van der Waals surface area contributed by atoms with Gasteiger partial charge in [0, 0.05) is 12.6 Å². The first-order valence-corrected chi connectivity index (χ1v) is 13.2. The summed E-state index contributed by atoms with van der Waals surface area (Å²) in [5.41, 5.74) is -2.34. The van der Waals surface area contributed by atoms with Crippen molar-refractivity contribution in [2.45, 2.75) is 89.6 Å². The second-order valence-corrected chi connectivity index (χ2v) is 10.6. The molecule has 0 bridgehead atoms. The zero-order chi connectivity index (χ0) is 25.5. The van der Waals surface area contributed by atoms with E-state index in [1.54, 1.807) is 11.0 Å². The van der Waals surface area contributed by atoms with Crippen LogP contribution < -0.4 is 0 Å². The van der Waals surface area contributed by atoms with E-state index in [4.69, 9.17) is 9.47 Å². The van der Waals surface area contributed by atoms with Gasteiger partial charge in [0.1, 0.15) is 29.8 Å². The standard InChI is InChI=1S/C27H40N2O6/c1-6-11-18(5)28-14-9-13-27-20(21-25(33)34-15-10-12-26(21,8-3)35-27)23(31)29(22(27)24(28)32)19(16-30)17(4)7-2/h9-10,12-13,17-22,30H,6-8,11,14-16H2,1-5H3/t17-,18?,19-,20-,21-,22?,26+,27-/m0/s1. The highest BCUT2D eigenvalue weighted by molar-refractivity contribution is 5.99. The number of rotatable bonds is 8. The van der Waals surface area contributed by atoms with Crippen molar-refractivity contribution in [2.75, 3.05) is 19.8 Å². The topological polar surface area (TPSA) is 96.4 Å². The molecule has 2 unspecified atom stereocenters. The Bertz CT molecular complexity index is 917. The minimum Gasteiger partial charge on any atom is -0.461 e. The molecule has 0 aromatic rings. The number of nitrogens with zero attached hydrogens (tertiary/aromatic N) is 2. The van der Waals surface area contributed by atoms with Crippen molar-refractivity contribution < 1.29 is 29.0 Å². The van der Waals surface area contributed by atoms with Gasteiger partial charge in [0.2, 0.25) is 11.8 Å². The average Bonchev–Trinajstić information content (AvgIpc) is 3.11. The van der Waals surface area contributed by atoms with Crippen LogP contribution in [-0.2, 0) is 23.9 Å². The first-order valence-electron chi connectivity index (χ1n) is 13.2. The fourth-order valence-corrected chi connectivity index (χ4v) is 6.69. The second kappa shape index (κ2) is 9.69. The number of aliphatic hydroxyl groups excluding tert-OH is 1. The minimum atomic E-state index is -1.31. The van der Waals surface area contributed by atoms with E-state index in [1.807, 2.05) is 50.8 Å². The van der Waals surface area contributed by atoms with Crippen LogP contribution in [0, 0.1) is 17.8 Å². The summed E-state index contributed by atoms with van der Waals surface area (Å²) in [6, 6.07) is -1.53. The Hall–Kier alpha value is -2.19. The maximum atomic E-state index is 14.3. The molecule has 8 atom stereocenters. The lowest BCUT2D eigenvalue weighted by Gasteiger charge is -2.42. The van der Waals surface area contributed by atoms with E-state index >= 15 is 0 Å². The van der Waals surface area contributed by atoms with Crippen LogP contribution in [0.15, 0.2) is 24.3 Å². The number of hydrogen-bond acceptors (Lipinski definition) is 6. The fraction of sp³-hybridized carbons (Fsp3) is 0.741. The molecule has 4 aliphatic rings. The van der Waals surface area contributed by atoms with Crippen LogP contribution in [0.1, 0.15) is 60.3 Å². The van der Waals surface area contributed by atoms with E-state index in [2.05, 4.69) is 6.92 Å². The number of aliphatic hydroxyl groups is 1. The van der Waals surface area contributed by atoms with Gasteiger partial charge in [-0.3, -0.25) is 14.4 Å². The van der Waals surface area contributed by atoms with Gasteiger partial charge >= 0.3 is 5.97 Å². The van der Waals surface area contributed by atoms with Crippen LogP contribution in [-0.4, -0.2) is 81.8 Å². The van der Waals surface area contributed by atoms with Crippen LogP contribution in [0.25, 0.3) is 0 Å². The highest BCUT2D eigenvalue weighted by Gasteiger charge is 2.76. The molecule has 194 valence electrons. The van der Waals surface area contributed by atoms with Crippen molar-refractivity contribution in [3.63, 3.8) is 0 Å². The molecule has 2 saturated heterocycles. The molecule has 0 saturated carbocycles. The first kappa shape index (κ1) is 25.9. The Kier molecular flexibility index (Phi) is 7.17. The molecule has 1 N–H and O–H groups in total. The summed E-state index contributed by atoms with van der Waals surface area (Å²) in [4.78, 5) is 45.3. The third-order valence-electron chi connectivity index (χ3n) is 8.75. The third kappa shape index (κ3) is 3.75. The van der Waals surface area contributed by atoms with E-state index in [9.17, 15) is 19.5 Å². The molecular formula is C27H40N2O6. The molecule has 4 aliphatic heterocycles. The average molecular weight is 489 g/mol. The predicted octanol–water partition coefficient (Wildman–Crippen LogP) is 2.45. The summed E-state index contributed by atoms with van der Waals surface area (Å²) in [5.74, 6) is -2.78. The van der Waals surface area contributed by atoms with E-state index < -0.39 is 41.1 Å². The van der Waals surface area contributed by atoms with Crippen molar-refractivity contribution in [1.29, 1.82) is 0 Å². The number of amides is 2. The molecule has 0 aliphatic carbocycles. The lowest BCUT2D eigenvalue weighted by Crippen LogP contribution is -2.60. The van der Waals surface area contributed by atoms with Crippen molar-refractivity contribution in [1.82, 2.24) is 9.80 Å². The third-order valence-corrected chi connectivity index (χ3v) is 8.75. The van der Waals surface area contributed by atoms with E-state index in [0.29, 0.717) is 13.0 Å². The van der Waals surface area contributed by atoms with Gasteiger partial charge in [-0.25, -0.2) is 0 Å². The quantitative estimate of drug-likeness (QED) is 0.417. The summed E-state index contributed by atoms with van der Waals surface area (Å²) in [7, 11) is 0. The molecule has 4 heterocycles. The summed E-state index contributed by atoms with van der Waals surface area (Å²) in [5, 5.41) is 10.4.